The molecule has 1 aliphatic heterocycles. The van der Waals surface area contributed by atoms with Crippen molar-refractivity contribution < 1.29 is 9.84 Å². The van der Waals surface area contributed by atoms with Crippen molar-refractivity contribution >= 4 is 11.3 Å². The lowest BCUT2D eigenvalue weighted by Crippen LogP contribution is -2.17. The summed E-state index contributed by atoms with van der Waals surface area (Å²) in [6.07, 6.45) is 2.59. The number of nitrogens with zero attached hydrogens (tertiary/aromatic N) is 4. The largest absolute Gasteiger partial charge is 0.492 e. The molecule has 2 N–H and O–H groups in total. The zero-order chi connectivity index (χ0) is 18.8. The van der Waals surface area contributed by atoms with Crippen LogP contribution in [0.15, 0.2) is 24.5 Å². The van der Waals surface area contributed by atoms with Crippen molar-refractivity contribution in [2.24, 2.45) is 0 Å². The molecular formula is C19H23N5O2S. The van der Waals surface area contributed by atoms with Crippen LogP contribution in [0.5, 0.6) is 5.75 Å². The summed E-state index contributed by atoms with van der Waals surface area (Å²) in [6.45, 7) is 6.26. The number of aliphatic hydroxyl groups excluding tert-OH is 1. The van der Waals surface area contributed by atoms with Crippen LogP contribution in [-0.2, 0) is 13.0 Å². The van der Waals surface area contributed by atoms with E-state index in [1.807, 2.05) is 4.57 Å². The number of rotatable bonds is 6. The minimum atomic E-state index is 0.132. The molecule has 1 aliphatic rings. The molecule has 1 aromatic carbocycles. The van der Waals surface area contributed by atoms with Gasteiger partial charge < -0.3 is 19.7 Å². The molecular weight excluding hydrogens is 362 g/mol. The molecule has 8 heteroatoms. The summed E-state index contributed by atoms with van der Waals surface area (Å²) >= 11 is 1.67. The minimum absolute atomic E-state index is 0.132. The fourth-order valence-electron chi connectivity index (χ4n) is 3.16. The molecule has 0 atom stereocenters. The van der Waals surface area contributed by atoms with Crippen molar-refractivity contribution in [2.45, 2.75) is 32.9 Å². The first kappa shape index (κ1) is 18.1. The van der Waals surface area contributed by atoms with Gasteiger partial charge in [-0.25, -0.2) is 4.98 Å². The Balaban J connectivity index is 1.69. The predicted molar refractivity (Wildman–Crippen MR) is 105 cm³/mol. The van der Waals surface area contributed by atoms with E-state index in [-0.39, 0.29) is 12.6 Å². The lowest BCUT2D eigenvalue weighted by atomic mass is 10.1. The second-order valence-corrected chi connectivity index (χ2v) is 7.86. The molecule has 0 saturated heterocycles. The second-order valence-electron chi connectivity index (χ2n) is 6.78. The van der Waals surface area contributed by atoms with Crippen LogP contribution >= 0.6 is 11.3 Å². The maximum absolute atomic E-state index is 8.91. The third-order valence-corrected chi connectivity index (χ3v) is 5.63. The molecule has 0 spiro atoms. The van der Waals surface area contributed by atoms with Crippen LogP contribution in [0.4, 0.5) is 0 Å². The number of ether oxygens (including phenoxy) is 1. The number of fused-ring (bicyclic) bond motifs is 3. The number of nitrogens with one attached hydrogen (secondary N) is 1. The minimum Gasteiger partial charge on any atom is -0.492 e. The van der Waals surface area contributed by atoms with Crippen LogP contribution < -0.4 is 10.1 Å². The lowest BCUT2D eigenvalue weighted by Gasteiger charge is -2.10. The fourth-order valence-corrected chi connectivity index (χ4v) is 4.20. The standard InChI is InChI=1S/C19H23N5O2S/c1-12(2)24-11-21-23-18(24)19-22-17-14-4-3-13(10-20-6-7-25)9-15(14)26-8-5-16(17)27-19/h3-4,9,11-12,20,25H,5-8,10H2,1-2H3. The highest BCUT2D eigenvalue weighted by atomic mass is 32.1. The van der Waals surface area contributed by atoms with E-state index in [4.69, 9.17) is 14.8 Å². The van der Waals surface area contributed by atoms with Crippen LogP contribution in [0.25, 0.3) is 22.1 Å². The molecule has 3 heterocycles. The van der Waals surface area contributed by atoms with Crippen LogP contribution in [0, 0.1) is 0 Å². The Labute approximate surface area is 162 Å². The van der Waals surface area contributed by atoms with Crippen molar-refractivity contribution in [3.8, 4) is 27.8 Å². The molecule has 4 rings (SSSR count). The average molecular weight is 385 g/mol. The Morgan fingerprint density at radius 2 is 2.26 bits per heavy atom. The second kappa shape index (κ2) is 7.75. The van der Waals surface area contributed by atoms with Crippen molar-refractivity contribution in [3.05, 3.63) is 35.0 Å². The Bertz CT molecular complexity index is 934. The molecule has 2 aromatic heterocycles. The Kier molecular flexibility index (Phi) is 5.20. The first-order valence-electron chi connectivity index (χ1n) is 9.14. The molecule has 27 heavy (non-hydrogen) atoms. The molecule has 7 nitrogen and oxygen atoms in total. The third kappa shape index (κ3) is 3.60. The first-order valence-corrected chi connectivity index (χ1v) is 9.96. The summed E-state index contributed by atoms with van der Waals surface area (Å²) in [7, 11) is 0. The molecule has 0 bridgehead atoms. The highest BCUT2D eigenvalue weighted by molar-refractivity contribution is 7.15. The summed E-state index contributed by atoms with van der Waals surface area (Å²) in [5.74, 6) is 1.68. The van der Waals surface area contributed by atoms with Crippen LogP contribution in [-0.4, -0.2) is 44.6 Å². The van der Waals surface area contributed by atoms with Crippen molar-refractivity contribution in [3.63, 3.8) is 0 Å². The zero-order valence-electron chi connectivity index (χ0n) is 15.5. The van der Waals surface area contributed by atoms with Crippen LogP contribution in [0.1, 0.15) is 30.3 Å². The number of aromatic nitrogens is 4. The van der Waals surface area contributed by atoms with Gasteiger partial charge in [-0.05, 0) is 31.5 Å². The maximum atomic E-state index is 8.91. The number of thiazole rings is 1. The van der Waals surface area contributed by atoms with Gasteiger partial charge in [0.05, 0.1) is 18.9 Å². The molecule has 0 fully saturated rings. The van der Waals surface area contributed by atoms with Gasteiger partial charge in [0.25, 0.3) is 0 Å². The molecule has 142 valence electrons. The molecule has 0 radical (unpaired) electrons. The number of hydrogen-bond acceptors (Lipinski definition) is 7. The zero-order valence-corrected chi connectivity index (χ0v) is 16.3. The third-order valence-electron chi connectivity index (χ3n) is 4.52. The van der Waals surface area contributed by atoms with Gasteiger partial charge in [-0.3, -0.25) is 0 Å². The summed E-state index contributed by atoms with van der Waals surface area (Å²) < 4.78 is 8.03. The Hall–Kier alpha value is -2.29. The van der Waals surface area contributed by atoms with Gasteiger partial charge in [-0.15, -0.1) is 21.5 Å². The lowest BCUT2D eigenvalue weighted by molar-refractivity contribution is 0.292. The van der Waals surface area contributed by atoms with Gasteiger partial charge in [0.2, 0.25) is 0 Å². The van der Waals surface area contributed by atoms with Gasteiger partial charge in [-0.2, -0.15) is 0 Å². The van der Waals surface area contributed by atoms with Gasteiger partial charge >= 0.3 is 0 Å². The van der Waals surface area contributed by atoms with E-state index in [0.717, 1.165) is 39.8 Å². The van der Waals surface area contributed by atoms with Crippen molar-refractivity contribution in [1.29, 1.82) is 0 Å². The monoisotopic (exact) mass is 385 g/mol. The predicted octanol–water partition coefficient (Wildman–Crippen LogP) is 2.67. The topological polar surface area (TPSA) is 85.1 Å². The molecule has 0 saturated carbocycles. The fraction of sp³-hybridized carbons (Fsp3) is 0.421. The molecule has 0 unspecified atom stereocenters. The Morgan fingerprint density at radius 1 is 1.37 bits per heavy atom. The summed E-state index contributed by atoms with van der Waals surface area (Å²) in [5.41, 5.74) is 3.13. The normalized spacial score (nSPS) is 13.2. The first-order chi connectivity index (χ1) is 13.2. The van der Waals surface area contributed by atoms with Gasteiger partial charge in [0, 0.05) is 36.0 Å². The smallest absolute Gasteiger partial charge is 0.193 e. The average Bonchev–Trinajstić information content (AvgIpc) is 3.26. The summed E-state index contributed by atoms with van der Waals surface area (Å²) in [6, 6.07) is 6.50. The van der Waals surface area contributed by atoms with Crippen LogP contribution in [0.3, 0.4) is 0 Å². The highest BCUT2D eigenvalue weighted by Gasteiger charge is 2.23. The number of aliphatic hydroxyl groups is 1. The van der Waals surface area contributed by atoms with Crippen molar-refractivity contribution in [1.82, 2.24) is 25.1 Å². The SMILES string of the molecule is CC(C)n1cnnc1-c1nc2c(s1)CCOc1cc(CNCCO)ccc1-2. The number of benzene rings is 1. The van der Waals surface area contributed by atoms with E-state index in [1.54, 1.807) is 17.7 Å². The van der Waals surface area contributed by atoms with Crippen LogP contribution in [0.2, 0.25) is 0 Å². The van der Waals surface area contributed by atoms with Gasteiger partial charge in [0.15, 0.2) is 10.8 Å². The molecule has 0 aliphatic carbocycles. The molecule has 3 aromatic rings. The maximum Gasteiger partial charge on any atom is 0.193 e. The Morgan fingerprint density at radius 3 is 3.07 bits per heavy atom. The number of hydrogen-bond donors (Lipinski definition) is 2. The van der Waals surface area contributed by atoms with E-state index in [0.29, 0.717) is 19.7 Å². The van der Waals surface area contributed by atoms with E-state index >= 15 is 0 Å². The van der Waals surface area contributed by atoms with E-state index in [1.165, 1.54) is 4.88 Å². The van der Waals surface area contributed by atoms with Gasteiger partial charge in [-0.1, -0.05) is 6.07 Å². The summed E-state index contributed by atoms with van der Waals surface area (Å²) in [5, 5.41) is 21.4. The van der Waals surface area contributed by atoms with E-state index in [9.17, 15) is 0 Å². The highest BCUT2D eigenvalue weighted by Crippen LogP contribution is 2.40. The quantitative estimate of drug-likeness (QED) is 0.635. The summed E-state index contributed by atoms with van der Waals surface area (Å²) in [4.78, 5) is 6.13. The van der Waals surface area contributed by atoms with Gasteiger partial charge in [0.1, 0.15) is 12.1 Å². The molecule has 0 amide bonds. The van der Waals surface area contributed by atoms with E-state index in [2.05, 4.69) is 47.6 Å². The van der Waals surface area contributed by atoms with E-state index < -0.39 is 0 Å². The van der Waals surface area contributed by atoms with Crippen molar-refractivity contribution in [2.75, 3.05) is 19.8 Å².